The Labute approximate surface area is 122 Å². The third kappa shape index (κ3) is 6.93. The fourth-order valence-corrected chi connectivity index (χ4v) is 1.62. The molecule has 0 spiro atoms. The summed E-state index contributed by atoms with van der Waals surface area (Å²) in [7, 11) is 0. The molecule has 1 atom stereocenters. The maximum Gasteiger partial charge on any atom is 0.310 e. The molecule has 0 saturated carbocycles. The van der Waals surface area contributed by atoms with Gasteiger partial charge in [0.05, 0.1) is 13.0 Å². The van der Waals surface area contributed by atoms with Crippen molar-refractivity contribution in [1.29, 1.82) is 0 Å². The molecule has 0 radical (unpaired) electrons. The summed E-state index contributed by atoms with van der Waals surface area (Å²) in [4.78, 5) is 11.7. The minimum Gasteiger partial charge on any atom is -0.465 e. The molecule has 0 N–H and O–H groups in total. The predicted octanol–water partition coefficient (Wildman–Crippen LogP) is 4.32. The second-order valence-electron chi connectivity index (χ2n) is 5.07. The largest absolute Gasteiger partial charge is 0.465 e. The highest BCUT2D eigenvalue weighted by Gasteiger charge is 2.06. The Morgan fingerprint density at radius 2 is 2.00 bits per heavy atom. The van der Waals surface area contributed by atoms with E-state index in [9.17, 15) is 4.79 Å². The third-order valence-corrected chi connectivity index (χ3v) is 3.08. The van der Waals surface area contributed by atoms with Crippen LogP contribution in [0.15, 0.2) is 54.1 Å². The molecular formula is C18H24O2. The van der Waals surface area contributed by atoms with Gasteiger partial charge in [0.25, 0.3) is 0 Å². The number of carbonyl (C=O) groups excluding carboxylic acids is 1. The van der Waals surface area contributed by atoms with Gasteiger partial charge in [-0.05, 0) is 18.9 Å². The van der Waals surface area contributed by atoms with E-state index in [0.717, 1.165) is 12.0 Å². The molecule has 0 aliphatic heterocycles. The maximum absolute atomic E-state index is 11.7. The Kier molecular flexibility index (Phi) is 7.41. The molecule has 1 rings (SSSR count). The molecule has 0 aromatic heterocycles. The van der Waals surface area contributed by atoms with Gasteiger partial charge >= 0.3 is 5.97 Å². The molecule has 0 amide bonds. The van der Waals surface area contributed by atoms with E-state index in [0.29, 0.717) is 13.0 Å². The van der Waals surface area contributed by atoms with E-state index in [4.69, 9.17) is 4.74 Å². The number of allylic oxidation sites excluding steroid dienone is 3. The van der Waals surface area contributed by atoms with Crippen LogP contribution >= 0.6 is 0 Å². The van der Waals surface area contributed by atoms with Gasteiger partial charge in [0.2, 0.25) is 0 Å². The van der Waals surface area contributed by atoms with E-state index < -0.39 is 0 Å². The van der Waals surface area contributed by atoms with E-state index in [-0.39, 0.29) is 11.9 Å². The van der Waals surface area contributed by atoms with Crippen molar-refractivity contribution < 1.29 is 9.53 Å². The number of esters is 1. The summed E-state index contributed by atoms with van der Waals surface area (Å²) in [6.45, 7) is 6.71. The minimum atomic E-state index is -0.170. The summed E-state index contributed by atoms with van der Waals surface area (Å²) in [5, 5.41) is 0. The summed E-state index contributed by atoms with van der Waals surface area (Å²) in [5.74, 6) is 0.0624. The highest BCUT2D eigenvalue weighted by Crippen LogP contribution is 2.05. The maximum atomic E-state index is 11.7. The fraction of sp³-hybridized carbons (Fsp3) is 0.389. The lowest BCUT2D eigenvalue weighted by Gasteiger charge is -2.08. The van der Waals surface area contributed by atoms with E-state index in [1.807, 2.05) is 43.3 Å². The van der Waals surface area contributed by atoms with Crippen LogP contribution in [0.1, 0.15) is 32.8 Å². The number of ether oxygens (including phenoxy) is 1. The lowest BCUT2D eigenvalue weighted by atomic mass is 10.1. The van der Waals surface area contributed by atoms with E-state index in [1.54, 1.807) is 0 Å². The molecule has 108 valence electrons. The first-order valence-electron chi connectivity index (χ1n) is 7.15. The van der Waals surface area contributed by atoms with Crippen molar-refractivity contribution in [3.8, 4) is 0 Å². The van der Waals surface area contributed by atoms with Gasteiger partial charge in [-0.15, -0.1) is 0 Å². The Morgan fingerprint density at radius 1 is 1.30 bits per heavy atom. The summed E-state index contributed by atoms with van der Waals surface area (Å²) in [6, 6.07) is 9.66. The number of hydrogen-bond donors (Lipinski definition) is 0. The van der Waals surface area contributed by atoms with E-state index >= 15 is 0 Å². The van der Waals surface area contributed by atoms with Crippen molar-refractivity contribution >= 4 is 5.97 Å². The number of hydrogen-bond acceptors (Lipinski definition) is 2. The molecule has 0 bridgehead atoms. The molecule has 0 aliphatic carbocycles. The van der Waals surface area contributed by atoms with Crippen molar-refractivity contribution in [3.63, 3.8) is 0 Å². The van der Waals surface area contributed by atoms with Crippen LogP contribution in [0.4, 0.5) is 0 Å². The van der Waals surface area contributed by atoms with Crippen LogP contribution < -0.4 is 0 Å². The predicted molar refractivity (Wildman–Crippen MR) is 83.5 cm³/mol. The lowest BCUT2D eigenvalue weighted by molar-refractivity contribution is -0.143. The molecule has 0 saturated heterocycles. The zero-order chi connectivity index (χ0) is 14.8. The fourth-order valence-electron chi connectivity index (χ4n) is 1.62. The second kappa shape index (κ2) is 9.13. The van der Waals surface area contributed by atoms with Crippen molar-refractivity contribution in [2.24, 2.45) is 5.92 Å². The zero-order valence-corrected chi connectivity index (χ0v) is 12.6. The quantitative estimate of drug-likeness (QED) is 0.546. The van der Waals surface area contributed by atoms with E-state index in [2.05, 4.69) is 26.0 Å². The molecule has 0 fully saturated rings. The number of benzene rings is 1. The second-order valence-corrected chi connectivity index (χ2v) is 5.07. The smallest absolute Gasteiger partial charge is 0.310 e. The Bertz CT molecular complexity index is 458. The highest BCUT2D eigenvalue weighted by atomic mass is 16.5. The third-order valence-electron chi connectivity index (χ3n) is 3.08. The van der Waals surface area contributed by atoms with Crippen LogP contribution in [-0.4, -0.2) is 12.6 Å². The topological polar surface area (TPSA) is 26.3 Å². The van der Waals surface area contributed by atoms with Crippen molar-refractivity contribution in [3.05, 3.63) is 59.7 Å². The Balaban J connectivity index is 2.30. The van der Waals surface area contributed by atoms with Crippen LogP contribution in [0.5, 0.6) is 0 Å². The summed E-state index contributed by atoms with van der Waals surface area (Å²) in [5.41, 5.74) is 2.33. The molecule has 20 heavy (non-hydrogen) atoms. The van der Waals surface area contributed by atoms with Gasteiger partial charge in [0.1, 0.15) is 0 Å². The average molecular weight is 272 g/mol. The Hall–Kier alpha value is -1.83. The number of rotatable bonds is 7. The molecule has 1 aromatic carbocycles. The molecule has 0 heterocycles. The number of carbonyl (C=O) groups is 1. The van der Waals surface area contributed by atoms with Gasteiger partial charge in [0.15, 0.2) is 0 Å². The van der Waals surface area contributed by atoms with Crippen molar-refractivity contribution in [2.75, 3.05) is 6.61 Å². The lowest BCUT2D eigenvalue weighted by Crippen LogP contribution is -2.12. The highest BCUT2D eigenvalue weighted by molar-refractivity contribution is 5.72. The van der Waals surface area contributed by atoms with Gasteiger partial charge in [-0.2, -0.15) is 0 Å². The van der Waals surface area contributed by atoms with Crippen LogP contribution in [0.25, 0.3) is 0 Å². The molecule has 1 unspecified atom stereocenters. The van der Waals surface area contributed by atoms with Gasteiger partial charge in [-0.25, -0.2) is 0 Å². The van der Waals surface area contributed by atoms with E-state index in [1.165, 1.54) is 5.57 Å². The SMILES string of the molecule is CC/C(C)=C/C=C/C(C)COC(=O)Cc1ccccc1. The van der Waals surface area contributed by atoms with Gasteiger partial charge < -0.3 is 4.74 Å². The van der Waals surface area contributed by atoms with Crippen LogP contribution in [0.3, 0.4) is 0 Å². The molecule has 1 aromatic rings. The standard InChI is InChI=1S/C18H24O2/c1-4-15(2)9-8-10-16(3)14-20-18(19)13-17-11-6-5-7-12-17/h5-12,16H,4,13-14H2,1-3H3/b10-8+,15-9+. The molecular weight excluding hydrogens is 248 g/mol. The zero-order valence-electron chi connectivity index (χ0n) is 12.6. The van der Waals surface area contributed by atoms with Crippen LogP contribution in [-0.2, 0) is 16.0 Å². The minimum absolute atomic E-state index is 0.170. The monoisotopic (exact) mass is 272 g/mol. The van der Waals surface area contributed by atoms with Crippen LogP contribution in [0.2, 0.25) is 0 Å². The molecule has 2 heteroatoms. The first-order chi connectivity index (χ1) is 9.61. The van der Waals surface area contributed by atoms with Crippen molar-refractivity contribution in [1.82, 2.24) is 0 Å². The van der Waals surface area contributed by atoms with Gasteiger partial charge in [-0.1, -0.05) is 68.0 Å². The first kappa shape index (κ1) is 16.2. The van der Waals surface area contributed by atoms with Crippen molar-refractivity contribution in [2.45, 2.75) is 33.6 Å². The summed E-state index contributed by atoms with van der Waals surface area (Å²) in [6.07, 6.45) is 7.60. The normalized spacial score (nSPS) is 13.4. The summed E-state index contributed by atoms with van der Waals surface area (Å²) < 4.78 is 5.28. The molecule has 2 nitrogen and oxygen atoms in total. The molecule has 0 aliphatic rings. The van der Waals surface area contributed by atoms with Crippen LogP contribution in [0, 0.1) is 5.92 Å². The van der Waals surface area contributed by atoms with Gasteiger partial charge in [0, 0.05) is 5.92 Å². The summed E-state index contributed by atoms with van der Waals surface area (Å²) >= 11 is 0. The van der Waals surface area contributed by atoms with Gasteiger partial charge in [-0.3, -0.25) is 4.79 Å². The average Bonchev–Trinajstić information content (AvgIpc) is 2.46. The first-order valence-corrected chi connectivity index (χ1v) is 7.15. The Morgan fingerprint density at radius 3 is 2.65 bits per heavy atom.